The zero-order valence-corrected chi connectivity index (χ0v) is 17.5. The lowest BCUT2D eigenvalue weighted by atomic mass is 9.68. The van der Waals surface area contributed by atoms with Gasteiger partial charge >= 0.3 is 0 Å². The van der Waals surface area contributed by atoms with E-state index in [1.54, 1.807) is 11.1 Å². The van der Waals surface area contributed by atoms with Crippen molar-refractivity contribution < 1.29 is 0 Å². The van der Waals surface area contributed by atoms with Gasteiger partial charge in [0.15, 0.2) is 0 Å². The van der Waals surface area contributed by atoms with E-state index >= 15 is 0 Å². The zero-order chi connectivity index (χ0) is 18.5. The Morgan fingerprint density at radius 2 is 0.880 bits per heavy atom. The summed E-state index contributed by atoms with van der Waals surface area (Å²) in [6.07, 6.45) is 5.27. The van der Waals surface area contributed by atoms with E-state index in [1.807, 2.05) is 0 Å². The van der Waals surface area contributed by atoms with Crippen LogP contribution >= 0.6 is 0 Å². The van der Waals surface area contributed by atoms with Crippen LogP contribution in [0.15, 0.2) is 12.1 Å². The largest absolute Gasteiger partial charge is 0.0546 e. The minimum Gasteiger partial charge on any atom is -0.0546 e. The van der Waals surface area contributed by atoms with Crippen LogP contribution in [0.3, 0.4) is 0 Å². The maximum absolute atomic E-state index is 2.51. The molecule has 0 amide bonds. The Hall–Kier alpha value is -1.56. The van der Waals surface area contributed by atoms with Gasteiger partial charge in [-0.05, 0) is 124 Å². The van der Waals surface area contributed by atoms with Crippen LogP contribution in [-0.4, -0.2) is 0 Å². The summed E-state index contributed by atoms with van der Waals surface area (Å²) in [6, 6.07) is 5.01. The maximum atomic E-state index is 2.51. The smallest absolute Gasteiger partial charge is 0.0208 e. The molecule has 0 nitrogen and oxygen atoms in total. The number of benzene rings is 2. The topological polar surface area (TPSA) is 0 Å². The van der Waals surface area contributed by atoms with Crippen LogP contribution in [0.4, 0.5) is 0 Å². The first kappa shape index (κ1) is 18.2. The third-order valence-corrected chi connectivity index (χ3v) is 7.45. The van der Waals surface area contributed by atoms with Gasteiger partial charge in [0, 0.05) is 5.41 Å². The van der Waals surface area contributed by atoms with Gasteiger partial charge in [-0.2, -0.15) is 0 Å². The molecule has 134 valence electrons. The number of hydrogen-bond acceptors (Lipinski definition) is 0. The first-order valence-electron chi connectivity index (χ1n) is 9.86. The lowest BCUT2D eigenvalue weighted by Crippen LogP contribution is -2.27. The van der Waals surface area contributed by atoms with Crippen molar-refractivity contribution in [3.63, 3.8) is 0 Å². The molecule has 3 rings (SSSR count). The van der Waals surface area contributed by atoms with Crippen LogP contribution in [-0.2, 0) is 5.41 Å². The molecule has 1 aliphatic rings. The molecule has 0 bridgehead atoms. The van der Waals surface area contributed by atoms with Gasteiger partial charge in [0.1, 0.15) is 0 Å². The molecule has 25 heavy (non-hydrogen) atoms. The van der Waals surface area contributed by atoms with Crippen LogP contribution in [0.25, 0.3) is 0 Å². The molecule has 0 unspecified atom stereocenters. The quantitative estimate of drug-likeness (QED) is 0.554. The van der Waals surface area contributed by atoms with Gasteiger partial charge in [-0.15, -0.1) is 0 Å². The Balaban J connectivity index is 2.35. The van der Waals surface area contributed by atoms with E-state index in [9.17, 15) is 0 Å². The normalized spacial score (nSPS) is 16.5. The highest BCUT2D eigenvalue weighted by molar-refractivity contribution is 5.56. The highest BCUT2D eigenvalue weighted by atomic mass is 14.4. The molecule has 0 aromatic heterocycles. The zero-order valence-electron chi connectivity index (χ0n) is 17.5. The second kappa shape index (κ2) is 6.31. The maximum Gasteiger partial charge on any atom is 0.0208 e. The minimum atomic E-state index is 0.209. The monoisotopic (exact) mass is 334 g/mol. The summed E-state index contributed by atoms with van der Waals surface area (Å²) in [4.78, 5) is 0. The number of aryl methyl sites for hydroxylation is 2. The predicted molar refractivity (Wildman–Crippen MR) is 110 cm³/mol. The highest BCUT2D eigenvalue weighted by Crippen LogP contribution is 2.50. The summed E-state index contributed by atoms with van der Waals surface area (Å²) in [6.45, 7) is 18.4. The first-order chi connectivity index (χ1) is 11.7. The van der Waals surface area contributed by atoms with Gasteiger partial charge in [-0.3, -0.25) is 0 Å². The summed E-state index contributed by atoms with van der Waals surface area (Å²) < 4.78 is 0. The molecular weight excluding hydrogens is 300 g/mol. The average molecular weight is 335 g/mol. The molecule has 0 aliphatic heterocycles. The Bertz CT molecular complexity index is 765. The third kappa shape index (κ3) is 2.65. The van der Waals surface area contributed by atoms with Gasteiger partial charge in [0.2, 0.25) is 0 Å². The molecule has 0 heteroatoms. The van der Waals surface area contributed by atoms with Crippen molar-refractivity contribution in [3.8, 4) is 0 Å². The van der Waals surface area contributed by atoms with Crippen molar-refractivity contribution in [1.82, 2.24) is 0 Å². The third-order valence-electron chi connectivity index (χ3n) is 7.45. The molecule has 0 N–H and O–H groups in total. The van der Waals surface area contributed by atoms with Crippen molar-refractivity contribution in [2.24, 2.45) is 0 Å². The lowest BCUT2D eigenvalue weighted by molar-refractivity contribution is 0.526. The molecule has 0 spiro atoms. The van der Waals surface area contributed by atoms with Crippen LogP contribution in [0.5, 0.6) is 0 Å². The van der Waals surface area contributed by atoms with E-state index in [4.69, 9.17) is 0 Å². The molecule has 2 aromatic carbocycles. The first-order valence-corrected chi connectivity index (χ1v) is 9.86. The van der Waals surface area contributed by atoms with Crippen molar-refractivity contribution in [3.05, 3.63) is 67.8 Å². The predicted octanol–water partition coefficient (Wildman–Crippen LogP) is 7.01. The lowest BCUT2D eigenvalue weighted by Gasteiger charge is -2.36. The summed E-state index contributed by atoms with van der Waals surface area (Å²) >= 11 is 0. The van der Waals surface area contributed by atoms with Crippen LogP contribution in [0, 0.1) is 55.4 Å². The molecule has 0 saturated heterocycles. The van der Waals surface area contributed by atoms with Gasteiger partial charge in [-0.25, -0.2) is 0 Å². The van der Waals surface area contributed by atoms with E-state index in [-0.39, 0.29) is 5.41 Å². The second-order valence-corrected chi connectivity index (χ2v) is 8.52. The summed E-state index contributed by atoms with van der Waals surface area (Å²) in [5.41, 5.74) is 15.2. The number of hydrogen-bond donors (Lipinski definition) is 0. The van der Waals surface area contributed by atoms with E-state index in [0.29, 0.717) is 0 Å². The second-order valence-electron chi connectivity index (χ2n) is 8.52. The summed E-state index contributed by atoms with van der Waals surface area (Å²) in [5, 5.41) is 0. The SMILES string of the molecule is Cc1cc(C2(c3cc(C)c(C)c(C)c3C)CCCC2)c(C)c(C)c1C. The van der Waals surface area contributed by atoms with Gasteiger partial charge in [0.05, 0.1) is 0 Å². The fourth-order valence-electron chi connectivity index (χ4n) is 5.08. The molecule has 0 radical (unpaired) electrons. The van der Waals surface area contributed by atoms with E-state index in [0.717, 1.165) is 0 Å². The van der Waals surface area contributed by atoms with Crippen LogP contribution in [0.2, 0.25) is 0 Å². The van der Waals surface area contributed by atoms with E-state index < -0.39 is 0 Å². The van der Waals surface area contributed by atoms with Crippen LogP contribution in [0.1, 0.15) is 81.3 Å². The highest BCUT2D eigenvalue weighted by Gasteiger charge is 2.40. The molecule has 2 aromatic rings. The van der Waals surface area contributed by atoms with Crippen molar-refractivity contribution in [2.75, 3.05) is 0 Å². The van der Waals surface area contributed by atoms with Crippen LogP contribution < -0.4 is 0 Å². The van der Waals surface area contributed by atoms with Gasteiger partial charge in [-0.1, -0.05) is 25.0 Å². The average Bonchev–Trinajstić information content (AvgIpc) is 3.08. The molecule has 0 atom stereocenters. The molecule has 1 aliphatic carbocycles. The molecular formula is C25H34. The van der Waals surface area contributed by atoms with Crippen molar-refractivity contribution in [2.45, 2.75) is 86.5 Å². The molecule has 1 fully saturated rings. The minimum absolute atomic E-state index is 0.209. The Morgan fingerprint density at radius 1 is 0.520 bits per heavy atom. The standard InChI is InChI=1S/C25H34/c1-15-13-23(21(7)19(5)17(15)3)25(11-9-10-12-25)24-14-16(2)18(4)20(6)22(24)8/h13-14H,9-12H2,1-8H3. The summed E-state index contributed by atoms with van der Waals surface area (Å²) in [7, 11) is 0. The molecule has 0 heterocycles. The van der Waals surface area contributed by atoms with E-state index in [2.05, 4.69) is 67.5 Å². The molecule has 1 saturated carbocycles. The van der Waals surface area contributed by atoms with E-state index in [1.165, 1.54) is 70.2 Å². The number of rotatable bonds is 2. The Labute approximate surface area is 154 Å². The van der Waals surface area contributed by atoms with Crippen molar-refractivity contribution >= 4 is 0 Å². The summed E-state index contributed by atoms with van der Waals surface area (Å²) in [5.74, 6) is 0. The van der Waals surface area contributed by atoms with Gasteiger partial charge < -0.3 is 0 Å². The van der Waals surface area contributed by atoms with Gasteiger partial charge in [0.25, 0.3) is 0 Å². The fraction of sp³-hybridized carbons (Fsp3) is 0.520. The van der Waals surface area contributed by atoms with Crippen molar-refractivity contribution in [1.29, 1.82) is 0 Å². The Morgan fingerprint density at radius 3 is 1.24 bits per heavy atom. The fourth-order valence-corrected chi connectivity index (χ4v) is 5.08. The Kier molecular flexibility index (Phi) is 4.60.